The molecule has 4 rings (SSSR count). The summed E-state index contributed by atoms with van der Waals surface area (Å²) in [5, 5.41) is 4.17. The first kappa shape index (κ1) is 20.7. The summed E-state index contributed by atoms with van der Waals surface area (Å²) in [6.45, 7) is 2.07. The van der Waals surface area contributed by atoms with Gasteiger partial charge in [-0.05, 0) is 76.2 Å². The number of nitrogens with zero attached hydrogens (tertiary/aromatic N) is 3. The number of hydrogen-bond donors (Lipinski definition) is 0. The van der Waals surface area contributed by atoms with Crippen LogP contribution in [0.15, 0.2) is 53.1 Å². The highest BCUT2D eigenvalue weighted by Crippen LogP contribution is 2.40. The predicted molar refractivity (Wildman–Crippen MR) is 116 cm³/mol. The van der Waals surface area contributed by atoms with E-state index >= 15 is 0 Å². The molecule has 0 amide bonds. The maximum atomic E-state index is 13.3. The topological polar surface area (TPSA) is 42.2 Å². The van der Waals surface area contributed by atoms with Gasteiger partial charge in [-0.2, -0.15) is 4.98 Å². The molecule has 0 aliphatic heterocycles. The van der Waals surface area contributed by atoms with Gasteiger partial charge in [0, 0.05) is 18.0 Å². The van der Waals surface area contributed by atoms with E-state index in [1.165, 1.54) is 11.1 Å². The van der Waals surface area contributed by atoms with Crippen molar-refractivity contribution in [2.45, 2.75) is 45.1 Å². The lowest BCUT2D eigenvalue weighted by atomic mass is 9.75. The average molecular weight is 408 g/mol. The van der Waals surface area contributed by atoms with Crippen LogP contribution in [0.2, 0.25) is 0 Å². The summed E-state index contributed by atoms with van der Waals surface area (Å²) in [6.07, 6.45) is 5.46. The summed E-state index contributed by atoms with van der Waals surface area (Å²) < 4.78 is 18.9. The van der Waals surface area contributed by atoms with E-state index in [0.717, 1.165) is 43.6 Å². The van der Waals surface area contributed by atoms with E-state index in [1.54, 1.807) is 12.1 Å². The minimum Gasteiger partial charge on any atom is -0.339 e. The molecule has 0 saturated heterocycles. The molecule has 5 heteroatoms. The molecule has 2 aromatic carbocycles. The van der Waals surface area contributed by atoms with Crippen LogP contribution in [0.3, 0.4) is 0 Å². The van der Waals surface area contributed by atoms with E-state index in [1.807, 2.05) is 24.3 Å². The molecule has 1 atom stereocenters. The summed E-state index contributed by atoms with van der Waals surface area (Å²) in [5.74, 6) is 2.38. The Morgan fingerprint density at radius 1 is 1.00 bits per heavy atom. The number of benzene rings is 2. The predicted octanol–water partition coefficient (Wildman–Crippen LogP) is 5.84. The van der Waals surface area contributed by atoms with Gasteiger partial charge < -0.3 is 9.42 Å². The summed E-state index contributed by atoms with van der Waals surface area (Å²) in [7, 11) is 4.23. The van der Waals surface area contributed by atoms with Gasteiger partial charge in [0.15, 0.2) is 0 Å². The lowest BCUT2D eigenvalue weighted by Gasteiger charge is -2.37. The van der Waals surface area contributed by atoms with Crippen LogP contribution in [0, 0.1) is 24.6 Å². The Hall–Kier alpha value is -2.53. The summed E-state index contributed by atoms with van der Waals surface area (Å²) in [6, 6.07) is 15.5. The van der Waals surface area contributed by atoms with Gasteiger partial charge in [0.25, 0.3) is 0 Å². The fourth-order valence-corrected chi connectivity index (χ4v) is 4.76. The molecule has 0 spiro atoms. The molecule has 0 N–H and O–H groups in total. The summed E-state index contributed by atoms with van der Waals surface area (Å²) >= 11 is 0. The first-order chi connectivity index (χ1) is 14.5. The zero-order chi connectivity index (χ0) is 21.1. The van der Waals surface area contributed by atoms with Gasteiger partial charge in [-0.1, -0.05) is 47.1 Å². The van der Waals surface area contributed by atoms with Crippen LogP contribution in [-0.2, 0) is 6.42 Å². The Balaban J connectivity index is 1.36. The van der Waals surface area contributed by atoms with Gasteiger partial charge in [-0.25, -0.2) is 4.39 Å². The summed E-state index contributed by atoms with van der Waals surface area (Å²) in [5.41, 5.74) is 3.41. The van der Waals surface area contributed by atoms with E-state index in [-0.39, 0.29) is 5.82 Å². The van der Waals surface area contributed by atoms with Crippen molar-refractivity contribution in [3.05, 3.63) is 71.4 Å². The molecule has 0 bridgehead atoms. The number of halogens is 1. The van der Waals surface area contributed by atoms with Gasteiger partial charge in [-0.3, -0.25) is 0 Å². The minimum absolute atomic E-state index is 0.176. The third kappa shape index (κ3) is 4.78. The van der Waals surface area contributed by atoms with Crippen molar-refractivity contribution in [3.8, 4) is 11.4 Å². The fraction of sp³-hybridized carbons (Fsp3) is 0.440. The maximum absolute atomic E-state index is 13.3. The molecule has 158 valence electrons. The molecule has 1 aliphatic rings. The molecule has 30 heavy (non-hydrogen) atoms. The van der Waals surface area contributed by atoms with Crippen LogP contribution in [0.4, 0.5) is 4.39 Å². The van der Waals surface area contributed by atoms with Gasteiger partial charge >= 0.3 is 0 Å². The number of hydrogen-bond acceptors (Lipinski definition) is 4. The Morgan fingerprint density at radius 2 is 1.67 bits per heavy atom. The minimum atomic E-state index is -0.176. The van der Waals surface area contributed by atoms with Crippen molar-refractivity contribution < 1.29 is 8.91 Å². The molecule has 1 heterocycles. The fourth-order valence-electron chi connectivity index (χ4n) is 4.76. The number of aromatic nitrogens is 2. The molecule has 0 radical (unpaired) electrons. The zero-order valence-corrected chi connectivity index (χ0v) is 18.0. The molecule has 1 fully saturated rings. The second-order valence-corrected chi connectivity index (χ2v) is 8.82. The smallest absolute Gasteiger partial charge is 0.227 e. The molecule has 1 aromatic heterocycles. The first-order valence-corrected chi connectivity index (χ1v) is 10.8. The lowest BCUT2D eigenvalue weighted by molar-refractivity contribution is 0.146. The highest BCUT2D eigenvalue weighted by molar-refractivity contribution is 5.54. The first-order valence-electron chi connectivity index (χ1n) is 10.8. The Kier molecular flexibility index (Phi) is 6.28. The summed E-state index contributed by atoms with van der Waals surface area (Å²) in [4.78, 5) is 6.89. The van der Waals surface area contributed by atoms with Crippen LogP contribution < -0.4 is 0 Å². The highest BCUT2D eigenvalue weighted by Gasteiger charge is 2.30. The molecular weight excluding hydrogens is 377 g/mol. The van der Waals surface area contributed by atoms with Crippen molar-refractivity contribution >= 4 is 0 Å². The zero-order valence-electron chi connectivity index (χ0n) is 18.0. The normalized spacial score (nSPS) is 20.4. The Morgan fingerprint density at radius 3 is 2.30 bits per heavy atom. The van der Waals surface area contributed by atoms with Crippen molar-refractivity contribution in [1.29, 1.82) is 0 Å². The van der Waals surface area contributed by atoms with Crippen LogP contribution in [0.1, 0.15) is 48.7 Å². The van der Waals surface area contributed by atoms with Crippen LogP contribution >= 0.6 is 0 Å². The van der Waals surface area contributed by atoms with Crippen molar-refractivity contribution in [2.75, 3.05) is 14.1 Å². The third-order valence-electron chi connectivity index (χ3n) is 6.35. The van der Waals surface area contributed by atoms with Crippen molar-refractivity contribution in [3.63, 3.8) is 0 Å². The van der Waals surface area contributed by atoms with Crippen molar-refractivity contribution in [1.82, 2.24) is 15.0 Å². The van der Waals surface area contributed by atoms with Crippen molar-refractivity contribution in [2.24, 2.45) is 11.8 Å². The molecule has 1 aliphatic carbocycles. The number of rotatable bonds is 6. The van der Waals surface area contributed by atoms with Gasteiger partial charge in [0.05, 0.1) is 0 Å². The quantitative estimate of drug-likeness (QED) is 0.515. The molecule has 4 nitrogen and oxygen atoms in total. The molecule has 1 unspecified atom stereocenters. The van der Waals surface area contributed by atoms with Crippen LogP contribution in [0.5, 0.6) is 0 Å². The van der Waals surface area contributed by atoms with Crippen LogP contribution in [0.25, 0.3) is 11.4 Å². The van der Waals surface area contributed by atoms with Gasteiger partial charge in [-0.15, -0.1) is 0 Å². The average Bonchev–Trinajstić information content (AvgIpc) is 3.20. The molecular formula is C25H30FN3O. The third-order valence-corrected chi connectivity index (χ3v) is 6.35. The standard InChI is InChI=1S/C25H30FN3O/c1-17-4-8-21(9-5-17)25-27-23(30-28-25)16-18-6-10-19(11-7-18)24(29(2)3)20-12-14-22(26)15-13-20/h4-5,8-9,12-15,18-19,24H,6-7,10-11,16H2,1-3H3. The largest absolute Gasteiger partial charge is 0.339 e. The van der Waals surface area contributed by atoms with Gasteiger partial charge in [0.1, 0.15) is 5.82 Å². The van der Waals surface area contributed by atoms with E-state index in [4.69, 9.17) is 4.52 Å². The van der Waals surface area contributed by atoms with E-state index < -0.39 is 0 Å². The van der Waals surface area contributed by atoms with E-state index in [2.05, 4.69) is 48.2 Å². The molecule has 1 saturated carbocycles. The van der Waals surface area contributed by atoms with E-state index in [9.17, 15) is 4.39 Å². The lowest BCUT2D eigenvalue weighted by Crippen LogP contribution is -2.30. The number of aryl methyl sites for hydroxylation is 1. The molecule has 3 aromatic rings. The second-order valence-electron chi connectivity index (χ2n) is 8.82. The second kappa shape index (κ2) is 9.09. The van der Waals surface area contributed by atoms with Crippen LogP contribution in [-0.4, -0.2) is 29.1 Å². The monoisotopic (exact) mass is 407 g/mol. The highest BCUT2D eigenvalue weighted by atomic mass is 19.1. The SMILES string of the molecule is Cc1ccc(-c2noc(CC3CCC(C(c4ccc(F)cc4)N(C)C)CC3)n2)cc1. The Labute approximate surface area is 178 Å². The van der Waals surface area contributed by atoms with Gasteiger partial charge in [0.2, 0.25) is 11.7 Å². The Bertz CT molecular complexity index is 941. The maximum Gasteiger partial charge on any atom is 0.227 e. The van der Waals surface area contributed by atoms with E-state index in [0.29, 0.717) is 23.7 Å².